The van der Waals surface area contributed by atoms with Crippen LogP contribution in [0.25, 0.3) is 0 Å². The van der Waals surface area contributed by atoms with Crippen molar-refractivity contribution in [2.24, 2.45) is 0 Å². The average Bonchev–Trinajstić information content (AvgIpc) is 2.45. The molecule has 0 aromatic heterocycles. The van der Waals surface area contributed by atoms with Crippen molar-refractivity contribution in [2.75, 3.05) is 12.5 Å². The Hall–Kier alpha value is -1.13. The van der Waals surface area contributed by atoms with E-state index in [2.05, 4.69) is 18.8 Å². The summed E-state index contributed by atoms with van der Waals surface area (Å²) in [4.78, 5) is 0. The molecule has 19 heavy (non-hydrogen) atoms. The van der Waals surface area contributed by atoms with Gasteiger partial charge in [-0.2, -0.15) is 0 Å². The van der Waals surface area contributed by atoms with Crippen molar-refractivity contribution in [3.05, 3.63) is 29.8 Å². The van der Waals surface area contributed by atoms with Crippen molar-refractivity contribution in [3.63, 3.8) is 0 Å². The number of rotatable bonds is 8. The van der Waals surface area contributed by atoms with E-state index < -0.39 is 0 Å². The van der Waals surface area contributed by atoms with Gasteiger partial charge in [0.25, 0.3) is 0 Å². The SMILES string of the molecule is CCCCCCCCOc1ccc(C#CCCl)cc1. The third-order valence-corrected chi connectivity index (χ3v) is 3.05. The highest BCUT2D eigenvalue weighted by Crippen LogP contribution is 2.12. The molecule has 104 valence electrons. The number of benzene rings is 1. The van der Waals surface area contributed by atoms with Gasteiger partial charge in [-0.3, -0.25) is 0 Å². The van der Waals surface area contributed by atoms with E-state index in [1.165, 1.54) is 32.1 Å². The lowest BCUT2D eigenvalue weighted by molar-refractivity contribution is 0.304. The topological polar surface area (TPSA) is 9.23 Å². The fourth-order valence-corrected chi connectivity index (χ4v) is 1.91. The quantitative estimate of drug-likeness (QED) is 0.369. The molecule has 0 radical (unpaired) electrons. The fraction of sp³-hybridized carbons (Fsp3) is 0.529. The van der Waals surface area contributed by atoms with Gasteiger partial charge in [0.05, 0.1) is 12.5 Å². The van der Waals surface area contributed by atoms with Crippen LogP contribution in [0.4, 0.5) is 0 Å². The van der Waals surface area contributed by atoms with E-state index in [0.717, 1.165) is 24.3 Å². The summed E-state index contributed by atoms with van der Waals surface area (Å²) in [5.74, 6) is 7.11. The molecule has 0 fully saturated rings. The zero-order valence-electron chi connectivity index (χ0n) is 11.8. The van der Waals surface area contributed by atoms with Crippen LogP contribution in [0.2, 0.25) is 0 Å². The molecular formula is C17H23ClO. The molecule has 0 saturated carbocycles. The Morgan fingerprint density at radius 3 is 2.37 bits per heavy atom. The predicted octanol–water partition coefficient (Wildman–Crippen LogP) is 5.02. The van der Waals surface area contributed by atoms with Crippen LogP contribution in [-0.4, -0.2) is 12.5 Å². The molecule has 0 bridgehead atoms. The Morgan fingerprint density at radius 2 is 1.68 bits per heavy atom. The highest BCUT2D eigenvalue weighted by molar-refractivity contribution is 6.19. The summed E-state index contributed by atoms with van der Waals surface area (Å²) in [6.07, 6.45) is 7.73. The van der Waals surface area contributed by atoms with Gasteiger partial charge < -0.3 is 4.74 Å². The van der Waals surface area contributed by atoms with Crippen LogP contribution in [0, 0.1) is 11.8 Å². The predicted molar refractivity (Wildman–Crippen MR) is 82.9 cm³/mol. The van der Waals surface area contributed by atoms with Gasteiger partial charge in [-0.1, -0.05) is 50.9 Å². The van der Waals surface area contributed by atoms with Crippen LogP contribution >= 0.6 is 11.6 Å². The summed E-state index contributed by atoms with van der Waals surface area (Å²) in [7, 11) is 0. The van der Waals surface area contributed by atoms with Crippen LogP contribution < -0.4 is 4.74 Å². The first-order chi connectivity index (χ1) is 9.36. The molecule has 0 heterocycles. The van der Waals surface area contributed by atoms with Gasteiger partial charge in [0.2, 0.25) is 0 Å². The minimum absolute atomic E-state index is 0.371. The molecule has 1 aromatic rings. The molecule has 0 unspecified atom stereocenters. The maximum Gasteiger partial charge on any atom is 0.119 e. The highest BCUT2D eigenvalue weighted by atomic mass is 35.5. The summed E-state index contributed by atoms with van der Waals surface area (Å²) in [6, 6.07) is 7.87. The van der Waals surface area contributed by atoms with E-state index in [1.807, 2.05) is 24.3 Å². The minimum Gasteiger partial charge on any atom is -0.494 e. The standard InChI is InChI=1S/C17H23ClO/c1-2-3-4-5-6-7-15-19-17-12-10-16(11-13-17)9-8-14-18/h10-13H,2-7,14-15H2,1H3. The Kier molecular flexibility index (Phi) is 9.02. The molecular weight excluding hydrogens is 256 g/mol. The summed E-state index contributed by atoms with van der Waals surface area (Å²) in [5.41, 5.74) is 0.979. The van der Waals surface area contributed by atoms with E-state index in [0.29, 0.717) is 5.88 Å². The normalized spacial score (nSPS) is 9.79. The lowest BCUT2D eigenvalue weighted by Crippen LogP contribution is -1.97. The van der Waals surface area contributed by atoms with Crippen molar-refractivity contribution in [2.45, 2.75) is 45.4 Å². The molecule has 0 amide bonds. The number of halogens is 1. The first kappa shape index (κ1) is 15.9. The summed E-state index contributed by atoms with van der Waals surface area (Å²) >= 11 is 5.51. The van der Waals surface area contributed by atoms with Gasteiger partial charge in [-0.05, 0) is 30.7 Å². The minimum atomic E-state index is 0.371. The van der Waals surface area contributed by atoms with Crippen LogP contribution in [0.5, 0.6) is 5.75 Å². The Labute approximate surface area is 122 Å². The summed E-state index contributed by atoms with van der Waals surface area (Å²) < 4.78 is 5.70. The van der Waals surface area contributed by atoms with Crippen molar-refractivity contribution in [1.29, 1.82) is 0 Å². The smallest absolute Gasteiger partial charge is 0.119 e. The lowest BCUT2D eigenvalue weighted by atomic mass is 10.1. The highest BCUT2D eigenvalue weighted by Gasteiger charge is 1.94. The summed E-state index contributed by atoms with van der Waals surface area (Å²) in [6.45, 7) is 3.04. The van der Waals surface area contributed by atoms with E-state index in [4.69, 9.17) is 16.3 Å². The first-order valence-electron chi connectivity index (χ1n) is 7.14. The molecule has 0 saturated heterocycles. The second-order valence-electron chi connectivity index (χ2n) is 4.58. The second kappa shape index (κ2) is 10.8. The fourth-order valence-electron chi connectivity index (χ4n) is 1.84. The number of alkyl halides is 1. The monoisotopic (exact) mass is 278 g/mol. The third kappa shape index (κ3) is 7.80. The van der Waals surface area contributed by atoms with E-state index in [9.17, 15) is 0 Å². The van der Waals surface area contributed by atoms with E-state index >= 15 is 0 Å². The Morgan fingerprint density at radius 1 is 1.00 bits per heavy atom. The van der Waals surface area contributed by atoms with Crippen LogP contribution in [0.15, 0.2) is 24.3 Å². The van der Waals surface area contributed by atoms with E-state index in [1.54, 1.807) is 0 Å². The van der Waals surface area contributed by atoms with Gasteiger partial charge in [0.15, 0.2) is 0 Å². The molecule has 0 spiro atoms. The van der Waals surface area contributed by atoms with Gasteiger partial charge in [0, 0.05) is 5.56 Å². The molecule has 0 aliphatic carbocycles. The maximum absolute atomic E-state index is 5.70. The van der Waals surface area contributed by atoms with Gasteiger partial charge in [-0.15, -0.1) is 11.6 Å². The van der Waals surface area contributed by atoms with Gasteiger partial charge in [-0.25, -0.2) is 0 Å². The number of ether oxygens (including phenoxy) is 1. The zero-order valence-corrected chi connectivity index (χ0v) is 12.5. The van der Waals surface area contributed by atoms with E-state index in [-0.39, 0.29) is 0 Å². The van der Waals surface area contributed by atoms with Crippen LogP contribution in [0.3, 0.4) is 0 Å². The molecule has 1 nitrogen and oxygen atoms in total. The van der Waals surface area contributed by atoms with Crippen molar-refractivity contribution in [3.8, 4) is 17.6 Å². The Balaban J connectivity index is 2.16. The van der Waals surface area contributed by atoms with Crippen LogP contribution in [-0.2, 0) is 0 Å². The molecule has 1 rings (SSSR count). The molecule has 0 aliphatic heterocycles. The third-order valence-electron chi connectivity index (χ3n) is 2.92. The Bertz CT molecular complexity index is 386. The maximum atomic E-state index is 5.70. The number of hydrogen-bond donors (Lipinski definition) is 0. The second-order valence-corrected chi connectivity index (χ2v) is 4.84. The molecule has 0 atom stereocenters. The lowest BCUT2D eigenvalue weighted by Gasteiger charge is -2.06. The van der Waals surface area contributed by atoms with Gasteiger partial charge in [0.1, 0.15) is 5.75 Å². The van der Waals surface area contributed by atoms with Crippen molar-refractivity contribution < 1.29 is 4.74 Å². The first-order valence-corrected chi connectivity index (χ1v) is 7.68. The van der Waals surface area contributed by atoms with Crippen molar-refractivity contribution >= 4 is 11.6 Å². The molecule has 1 aromatic carbocycles. The average molecular weight is 279 g/mol. The molecule has 0 N–H and O–H groups in total. The van der Waals surface area contributed by atoms with Crippen molar-refractivity contribution in [1.82, 2.24) is 0 Å². The number of hydrogen-bond acceptors (Lipinski definition) is 1. The largest absolute Gasteiger partial charge is 0.494 e. The molecule has 0 aliphatic rings. The van der Waals surface area contributed by atoms with Gasteiger partial charge >= 0.3 is 0 Å². The number of unbranched alkanes of at least 4 members (excludes halogenated alkanes) is 5. The summed E-state index contributed by atoms with van der Waals surface area (Å²) in [5, 5.41) is 0. The zero-order chi connectivity index (χ0) is 13.8. The molecule has 2 heteroatoms. The van der Waals surface area contributed by atoms with Crippen LogP contribution in [0.1, 0.15) is 51.0 Å².